The van der Waals surface area contributed by atoms with Crippen LogP contribution in [0.15, 0.2) is 16.0 Å². The molecule has 1 heterocycles. The van der Waals surface area contributed by atoms with E-state index in [0.717, 1.165) is 30.7 Å². The fourth-order valence-corrected chi connectivity index (χ4v) is 2.64. The van der Waals surface area contributed by atoms with Gasteiger partial charge in [-0.25, -0.2) is 4.98 Å². The van der Waals surface area contributed by atoms with Gasteiger partial charge in [0.05, 0.1) is 6.07 Å². The zero-order valence-electron chi connectivity index (χ0n) is 12.1. The van der Waals surface area contributed by atoms with Crippen LogP contribution in [0.4, 0.5) is 0 Å². The molecule has 1 unspecified atom stereocenters. The molecule has 1 aromatic heterocycles. The van der Waals surface area contributed by atoms with Gasteiger partial charge in [-0.15, -0.1) is 0 Å². The molecule has 0 saturated carbocycles. The van der Waals surface area contributed by atoms with Crippen molar-refractivity contribution in [2.45, 2.75) is 56.6 Å². The Morgan fingerprint density at radius 3 is 2.90 bits per heavy atom. The van der Waals surface area contributed by atoms with Crippen molar-refractivity contribution in [1.82, 2.24) is 9.97 Å². The van der Waals surface area contributed by atoms with Crippen LogP contribution in [0.25, 0.3) is 0 Å². The van der Waals surface area contributed by atoms with E-state index in [1.54, 1.807) is 6.07 Å². The van der Waals surface area contributed by atoms with Crippen molar-refractivity contribution in [3.05, 3.63) is 22.1 Å². The molecule has 1 atom stereocenters. The van der Waals surface area contributed by atoms with Gasteiger partial charge < -0.3 is 10.7 Å². The third-order valence-corrected chi connectivity index (χ3v) is 4.10. The number of rotatable bonds is 8. The van der Waals surface area contributed by atoms with Gasteiger partial charge in [-0.05, 0) is 25.7 Å². The summed E-state index contributed by atoms with van der Waals surface area (Å²) >= 11 is 1.50. The van der Waals surface area contributed by atoms with Crippen LogP contribution in [0.2, 0.25) is 0 Å². The third-order valence-electron chi connectivity index (χ3n) is 3.14. The molecular formula is C14H22N4OS. The summed E-state index contributed by atoms with van der Waals surface area (Å²) in [5.74, 6) is 0.791. The lowest BCUT2D eigenvalue weighted by molar-refractivity contribution is 0.478. The minimum absolute atomic E-state index is 0.107. The van der Waals surface area contributed by atoms with Crippen LogP contribution >= 0.6 is 11.8 Å². The second-order valence-corrected chi connectivity index (χ2v) is 5.95. The number of nitrogens with zero attached hydrogens (tertiary/aromatic N) is 2. The van der Waals surface area contributed by atoms with Crippen LogP contribution in [0.3, 0.4) is 0 Å². The summed E-state index contributed by atoms with van der Waals surface area (Å²) in [4.78, 5) is 18.6. The van der Waals surface area contributed by atoms with E-state index in [9.17, 15) is 4.79 Å². The molecule has 0 aromatic carbocycles. The van der Waals surface area contributed by atoms with E-state index in [2.05, 4.69) is 23.0 Å². The molecule has 5 nitrogen and oxygen atoms in total. The van der Waals surface area contributed by atoms with Gasteiger partial charge in [0.15, 0.2) is 5.16 Å². The average molecular weight is 294 g/mol. The monoisotopic (exact) mass is 294 g/mol. The quantitative estimate of drug-likeness (QED) is 0.435. The molecule has 1 aromatic rings. The van der Waals surface area contributed by atoms with Crippen molar-refractivity contribution < 1.29 is 0 Å². The molecule has 0 fully saturated rings. The van der Waals surface area contributed by atoms with Gasteiger partial charge in [0, 0.05) is 17.5 Å². The van der Waals surface area contributed by atoms with E-state index in [1.165, 1.54) is 11.8 Å². The molecule has 3 N–H and O–H groups in total. The first-order valence-electron chi connectivity index (χ1n) is 6.96. The maximum atomic E-state index is 11.5. The van der Waals surface area contributed by atoms with E-state index < -0.39 is 5.54 Å². The largest absolute Gasteiger partial charge is 0.313 e. The predicted octanol–water partition coefficient (Wildman–Crippen LogP) is 2.23. The van der Waals surface area contributed by atoms with Crippen LogP contribution in [0.5, 0.6) is 0 Å². The maximum absolute atomic E-state index is 11.5. The standard InChI is InChI=1S/C14H22N4OS/c1-3-6-11-9-12(19)18-13(17-11)20-8-5-7-14(16,4-2)10-15/h9H,3-8,16H2,1-2H3,(H,17,18,19). The minimum Gasteiger partial charge on any atom is -0.313 e. The lowest BCUT2D eigenvalue weighted by Gasteiger charge is -2.18. The second kappa shape index (κ2) is 8.08. The van der Waals surface area contributed by atoms with E-state index in [-0.39, 0.29) is 5.56 Å². The lowest BCUT2D eigenvalue weighted by Crippen LogP contribution is -2.37. The summed E-state index contributed by atoms with van der Waals surface area (Å²) < 4.78 is 0. The topological polar surface area (TPSA) is 95.6 Å². The number of aromatic nitrogens is 2. The summed E-state index contributed by atoms with van der Waals surface area (Å²) in [6.07, 6.45) is 3.91. The average Bonchev–Trinajstić information content (AvgIpc) is 2.43. The molecule has 0 amide bonds. The van der Waals surface area contributed by atoms with Crippen molar-refractivity contribution in [2.75, 3.05) is 5.75 Å². The first-order valence-corrected chi connectivity index (χ1v) is 7.94. The van der Waals surface area contributed by atoms with Crippen LogP contribution in [-0.4, -0.2) is 21.3 Å². The van der Waals surface area contributed by atoms with E-state index in [1.807, 2.05) is 6.92 Å². The highest BCUT2D eigenvalue weighted by Gasteiger charge is 2.20. The molecule has 0 aliphatic carbocycles. The molecule has 0 aliphatic rings. The third kappa shape index (κ3) is 5.35. The van der Waals surface area contributed by atoms with E-state index >= 15 is 0 Å². The summed E-state index contributed by atoms with van der Waals surface area (Å²) in [6.45, 7) is 3.98. The van der Waals surface area contributed by atoms with Gasteiger partial charge in [0.25, 0.3) is 5.56 Å². The molecule has 110 valence electrons. The van der Waals surface area contributed by atoms with Crippen LogP contribution in [0.1, 0.15) is 45.2 Å². The van der Waals surface area contributed by atoms with Crippen LogP contribution in [0, 0.1) is 11.3 Å². The zero-order chi connectivity index (χ0) is 15.0. The Bertz CT molecular complexity index is 523. The summed E-state index contributed by atoms with van der Waals surface area (Å²) in [5, 5.41) is 9.64. The van der Waals surface area contributed by atoms with Crippen molar-refractivity contribution in [1.29, 1.82) is 5.26 Å². The Morgan fingerprint density at radius 1 is 1.55 bits per heavy atom. The smallest absolute Gasteiger partial charge is 0.251 e. The molecule has 0 spiro atoms. The van der Waals surface area contributed by atoms with Gasteiger partial charge in [-0.2, -0.15) is 5.26 Å². The first-order chi connectivity index (χ1) is 9.53. The molecule has 1 rings (SSSR count). The summed E-state index contributed by atoms with van der Waals surface area (Å²) in [7, 11) is 0. The van der Waals surface area contributed by atoms with Crippen molar-refractivity contribution >= 4 is 11.8 Å². The highest BCUT2D eigenvalue weighted by Crippen LogP contribution is 2.18. The predicted molar refractivity (Wildman–Crippen MR) is 81.6 cm³/mol. The molecule has 0 radical (unpaired) electrons. The van der Waals surface area contributed by atoms with Gasteiger partial charge in [-0.3, -0.25) is 4.79 Å². The lowest BCUT2D eigenvalue weighted by atomic mass is 9.94. The number of H-pyrrole nitrogens is 1. The summed E-state index contributed by atoms with van der Waals surface area (Å²) in [6, 6.07) is 3.70. The minimum atomic E-state index is -0.731. The number of aromatic amines is 1. The Hall–Kier alpha value is -1.32. The normalized spacial score (nSPS) is 13.7. The second-order valence-electron chi connectivity index (χ2n) is 4.87. The van der Waals surface area contributed by atoms with Crippen molar-refractivity contribution in [2.24, 2.45) is 5.73 Å². The molecule has 0 aliphatic heterocycles. The number of nitrogens with one attached hydrogen (secondary N) is 1. The Kier molecular flexibility index (Phi) is 6.76. The van der Waals surface area contributed by atoms with E-state index in [4.69, 9.17) is 11.0 Å². The molecular weight excluding hydrogens is 272 g/mol. The molecule has 0 bridgehead atoms. The Balaban J connectivity index is 2.50. The van der Waals surface area contributed by atoms with Gasteiger partial charge >= 0.3 is 0 Å². The number of nitrogens with two attached hydrogens (primary N) is 1. The maximum Gasteiger partial charge on any atom is 0.251 e. The SMILES string of the molecule is CCCc1cc(=O)[nH]c(SCCCC(N)(C#N)CC)n1. The van der Waals surface area contributed by atoms with Gasteiger partial charge in [0.1, 0.15) is 5.54 Å². The molecule has 0 saturated heterocycles. The van der Waals surface area contributed by atoms with Crippen LogP contribution in [-0.2, 0) is 6.42 Å². The first kappa shape index (κ1) is 16.7. The Morgan fingerprint density at radius 2 is 2.30 bits per heavy atom. The zero-order valence-corrected chi connectivity index (χ0v) is 12.9. The van der Waals surface area contributed by atoms with Gasteiger partial charge in [0.2, 0.25) is 0 Å². The van der Waals surface area contributed by atoms with Crippen LogP contribution < -0.4 is 11.3 Å². The fraction of sp³-hybridized carbons (Fsp3) is 0.643. The van der Waals surface area contributed by atoms with Crippen molar-refractivity contribution in [3.63, 3.8) is 0 Å². The molecule has 6 heteroatoms. The highest BCUT2D eigenvalue weighted by atomic mass is 32.2. The van der Waals surface area contributed by atoms with E-state index in [0.29, 0.717) is 18.0 Å². The Labute approximate surface area is 124 Å². The van der Waals surface area contributed by atoms with Gasteiger partial charge in [-0.1, -0.05) is 32.0 Å². The number of aryl methyl sites for hydroxylation is 1. The molecule has 20 heavy (non-hydrogen) atoms. The van der Waals surface area contributed by atoms with Crippen molar-refractivity contribution in [3.8, 4) is 6.07 Å². The number of nitriles is 1. The number of thioether (sulfide) groups is 1. The number of hydrogen-bond acceptors (Lipinski definition) is 5. The highest BCUT2D eigenvalue weighted by molar-refractivity contribution is 7.99. The fourth-order valence-electron chi connectivity index (χ4n) is 1.80. The summed E-state index contributed by atoms with van der Waals surface area (Å²) in [5.41, 5.74) is 5.91. The number of hydrogen-bond donors (Lipinski definition) is 2.